The van der Waals surface area contributed by atoms with Crippen molar-refractivity contribution in [2.24, 2.45) is 0 Å². The van der Waals surface area contributed by atoms with Gasteiger partial charge in [0.15, 0.2) is 0 Å². The molecular formula is C9H8ClN3O. The molecule has 2 rings (SSSR count). The minimum Gasteiger partial charge on any atom is -0.404 e. The maximum absolute atomic E-state index is 5.88. The largest absolute Gasteiger partial charge is 0.404 e. The van der Waals surface area contributed by atoms with Crippen molar-refractivity contribution in [1.29, 1.82) is 0 Å². The third kappa shape index (κ3) is 1.56. The number of nitrogen functional groups attached to an aromatic ring is 1. The van der Waals surface area contributed by atoms with Crippen LogP contribution >= 0.6 is 11.6 Å². The van der Waals surface area contributed by atoms with Crippen LogP contribution < -0.4 is 5.73 Å². The van der Waals surface area contributed by atoms with Crippen molar-refractivity contribution in [3.05, 3.63) is 28.8 Å². The predicted molar refractivity (Wildman–Crippen MR) is 53.9 cm³/mol. The van der Waals surface area contributed by atoms with Crippen molar-refractivity contribution in [1.82, 2.24) is 10.2 Å². The highest BCUT2D eigenvalue weighted by molar-refractivity contribution is 6.31. The van der Waals surface area contributed by atoms with E-state index in [1.54, 1.807) is 6.07 Å². The summed E-state index contributed by atoms with van der Waals surface area (Å²) in [6, 6.07) is 5.53. The van der Waals surface area contributed by atoms with Crippen molar-refractivity contribution in [2.45, 2.75) is 6.92 Å². The van der Waals surface area contributed by atoms with E-state index in [4.69, 9.17) is 21.8 Å². The minimum absolute atomic E-state index is 0.0626. The first-order chi connectivity index (χ1) is 6.66. The lowest BCUT2D eigenvalue weighted by molar-refractivity contribution is 0.590. The van der Waals surface area contributed by atoms with Gasteiger partial charge in [-0.2, -0.15) is 0 Å². The van der Waals surface area contributed by atoms with Crippen LogP contribution in [0.25, 0.3) is 11.5 Å². The van der Waals surface area contributed by atoms with Crippen molar-refractivity contribution in [2.75, 3.05) is 5.73 Å². The fourth-order valence-corrected chi connectivity index (χ4v) is 1.25. The molecule has 0 aliphatic rings. The zero-order valence-corrected chi connectivity index (χ0v) is 8.25. The van der Waals surface area contributed by atoms with Gasteiger partial charge in [0.25, 0.3) is 0 Å². The molecule has 0 unspecified atom stereocenters. The second-order valence-corrected chi connectivity index (χ2v) is 3.32. The lowest BCUT2D eigenvalue weighted by atomic mass is 10.1. The van der Waals surface area contributed by atoms with Crippen LogP contribution in [0, 0.1) is 6.92 Å². The molecule has 2 N–H and O–H groups in total. The lowest BCUT2D eigenvalue weighted by Crippen LogP contribution is -1.81. The number of benzene rings is 1. The van der Waals surface area contributed by atoms with E-state index in [-0.39, 0.29) is 6.01 Å². The molecule has 0 bridgehead atoms. The smallest absolute Gasteiger partial charge is 0.313 e. The molecule has 5 heteroatoms. The molecule has 1 aromatic carbocycles. The summed E-state index contributed by atoms with van der Waals surface area (Å²) >= 11 is 5.88. The minimum atomic E-state index is 0.0626. The first kappa shape index (κ1) is 9.02. The molecule has 0 saturated carbocycles. The number of rotatable bonds is 1. The van der Waals surface area contributed by atoms with Gasteiger partial charge in [-0.25, -0.2) is 0 Å². The summed E-state index contributed by atoms with van der Waals surface area (Å²) in [6.07, 6.45) is 0. The first-order valence-corrected chi connectivity index (χ1v) is 4.40. The zero-order chi connectivity index (χ0) is 10.1. The van der Waals surface area contributed by atoms with Gasteiger partial charge in [-0.15, -0.1) is 5.10 Å². The summed E-state index contributed by atoms with van der Waals surface area (Å²) in [7, 11) is 0. The van der Waals surface area contributed by atoms with E-state index in [0.717, 1.165) is 11.1 Å². The van der Waals surface area contributed by atoms with Gasteiger partial charge in [0, 0.05) is 10.6 Å². The van der Waals surface area contributed by atoms with E-state index in [2.05, 4.69) is 10.2 Å². The summed E-state index contributed by atoms with van der Waals surface area (Å²) in [4.78, 5) is 0. The zero-order valence-electron chi connectivity index (χ0n) is 7.49. The van der Waals surface area contributed by atoms with Crippen LogP contribution in [-0.2, 0) is 0 Å². The normalized spacial score (nSPS) is 10.4. The van der Waals surface area contributed by atoms with Crippen molar-refractivity contribution >= 4 is 17.6 Å². The van der Waals surface area contributed by atoms with Crippen LogP contribution in [0.5, 0.6) is 0 Å². The van der Waals surface area contributed by atoms with Crippen LogP contribution in [0.2, 0.25) is 5.02 Å². The van der Waals surface area contributed by atoms with Crippen LogP contribution in [0.3, 0.4) is 0 Å². The summed E-state index contributed by atoms with van der Waals surface area (Å²) in [5.74, 6) is 0.405. The van der Waals surface area contributed by atoms with Gasteiger partial charge in [-0.3, -0.25) is 0 Å². The standard InChI is InChI=1S/C9H8ClN3O/c1-5-4-6(2-3-7(5)10)8-12-13-9(11)14-8/h2-4H,1H3,(H2,11,13). The number of aromatic nitrogens is 2. The van der Waals surface area contributed by atoms with Gasteiger partial charge >= 0.3 is 6.01 Å². The monoisotopic (exact) mass is 209 g/mol. The maximum Gasteiger partial charge on any atom is 0.313 e. The number of hydrogen-bond donors (Lipinski definition) is 1. The number of anilines is 1. The molecule has 0 saturated heterocycles. The molecule has 4 nitrogen and oxygen atoms in total. The number of nitrogens with two attached hydrogens (primary N) is 1. The molecule has 0 aliphatic carbocycles. The SMILES string of the molecule is Cc1cc(-c2nnc(N)o2)ccc1Cl. The Balaban J connectivity index is 2.47. The number of nitrogens with zero attached hydrogens (tertiary/aromatic N) is 2. The molecule has 0 amide bonds. The molecule has 0 spiro atoms. The quantitative estimate of drug-likeness (QED) is 0.783. The lowest BCUT2D eigenvalue weighted by Gasteiger charge is -1.98. The van der Waals surface area contributed by atoms with Gasteiger partial charge in [0.2, 0.25) is 5.89 Å². The topological polar surface area (TPSA) is 64.9 Å². The molecule has 1 aromatic heterocycles. The molecule has 14 heavy (non-hydrogen) atoms. The first-order valence-electron chi connectivity index (χ1n) is 4.02. The Hall–Kier alpha value is -1.55. The fraction of sp³-hybridized carbons (Fsp3) is 0.111. The highest BCUT2D eigenvalue weighted by Gasteiger charge is 2.07. The van der Waals surface area contributed by atoms with Gasteiger partial charge in [0.05, 0.1) is 0 Å². The van der Waals surface area contributed by atoms with Crippen molar-refractivity contribution in [3.63, 3.8) is 0 Å². The maximum atomic E-state index is 5.88. The van der Waals surface area contributed by atoms with Crippen molar-refractivity contribution < 1.29 is 4.42 Å². The summed E-state index contributed by atoms with van der Waals surface area (Å²) in [5, 5.41) is 8.05. The van der Waals surface area contributed by atoms with Crippen LogP contribution in [0.1, 0.15) is 5.56 Å². The number of hydrogen-bond acceptors (Lipinski definition) is 4. The molecular weight excluding hydrogens is 202 g/mol. The van der Waals surface area contributed by atoms with Gasteiger partial charge in [-0.1, -0.05) is 16.7 Å². The van der Waals surface area contributed by atoms with E-state index >= 15 is 0 Å². The Morgan fingerprint density at radius 2 is 2.14 bits per heavy atom. The molecule has 2 aromatic rings. The van der Waals surface area contributed by atoms with Crippen molar-refractivity contribution in [3.8, 4) is 11.5 Å². The van der Waals surface area contributed by atoms with E-state index in [0.29, 0.717) is 10.9 Å². The summed E-state index contributed by atoms with van der Waals surface area (Å²) in [6.45, 7) is 1.91. The molecule has 0 atom stereocenters. The second kappa shape index (κ2) is 3.31. The average molecular weight is 210 g/mol. The highest BCUT2D eigenvalue weighted by atomic mass is 35.5. The van der Waals surface area contributed by atoms with Crippen LogP contribution in [-0.4, -0.2) is 10.2 Å². The third-order valence-electron chi connectivity index (χ3n) is 1.85. The third-order valence-corrected chi connectivity index (χ3v) is 2.27. The average Bonchev–Trinajstić information content (AvgIpc) is 2.57. The molecule has 1 heterocycles. The van der Waals surface area contributed by atoms with Gasteiger partial charge in [-0.05, 0) is 30.7 Å². The highest BCUT2D eigenvalue weighted by Crippen LogP contribution is 2.23. The van der Waals surface area contributed by atoms with E-state index < -0.39 is 0 Å². The Labute approximate surface area is 85.7 Å². The van der Waals surface area contributed by atoms with Crippen LogP contribution in [0.4, 0.5) is 6.01 Å². The summed E-state index contributed by atoms with van der Waals surface area (Å²) in [5.41, 5.74) is 7.09. The number of aryl methyl sites for hydroxylation is 1. The van der Waals surface area contributed by atoms with E-state index in [9.17, 15) is 0 Å². The fourth-order valence-electron chi connectivity index (χ4n) is 1.13. The Kier molecular flexibility index (Phi) is 2.13. The number of halogens is 1. The van der Waals surface area contributed by atoms with Crippen LogP contribution in [0.15, 0.2) is 22.6 Å². The second-order valence-electron chi connectivity index (χ2n) is 2.91. The van der Waals surface area contributed by atoms with Gasteiger partial charge in [0.1, 0.15) is 0 Å². The van der Waals surface area contributed by atoms with Gasteiger partial charge < -0.3 is 10.2 Å². The molecule has 0 radical (unpaired) electrons. The molecule has 72 valence electrons. The van der Waals surface area contributed by atoms with E-state index in [1.807, 2.05) is 19.1 Å². The summed E-state index contributed by atoms with van der Waals surface area (Å²) < 4.78 is 5.08. The Morgan fingerprint density at radius 1 is 1.36 bits per heavy atom. The Bertz CT molecular complexity index is 467. The Morgan fingerprint density at radius 3 is 2.71 bits per heavy atom. The van der Waals surface area contributed by atoms with E-state index in [1.165, 1.54) is 0 Å². The predicted octanol–water partition coefficient (Wildman–Crippen LogP) is 2.28. The molecule has 0 aliphatic heterocycles. The molecule has 0 fully saturated rings.